The van der Waals surface area contributed by atoms with Crippen molar-refractivity contribution in [3.05, 3.63) is 65.2 Å². The number of benzene rings is 2. The average Bonchev–Trinajstić information content (AvgIpc) is 2.54. The van der Waals surface area contributed by atoms with Crippen molar-refractivity contribution in [2.45, 2.75) is 38.7 Å². The van der Waals surface area contributed by atoms with Crippen LogP contribution in [0.5, 0.6) is 5.75 Å². The highest BCUT2D eigenvalue weighted by Crippen LogP contribution is 2.30. The first-order chi connectivity index (χ1) is 9.97. The highest BCUT2D eigenvalue weighted by atomic mass is 16.5. The van der Waals surface area contributed by atoms with E-state index in [2.05, 4.69) is 32.9 Å². The summed E-state index contributed by atoms with van der Waals surface area (Å²) in [6.07, 6.45) is 0.462. The average molecular weight is 284 g/mol. The summed E-state index contributed by atoms with van der Waals surface area (Å²) in [6, 6.07) is 15.8. The smallest absolute Gasteiger partial charge is 0.119 e. The second kappa shape index (κ2) is 6.31. The van der Waals surface area contributed by atoms with E-state index in [0.29, 0.717) is 0 Å². The third-order valence-corrected chi connectivity index (χ3v) is 4.30. The van der Waals surface area contributed by atoms with Gasteiger partial charge >= 0.3 is 0 Å². The third kappa shape index (κ3) is 3.45. The topological polar surface area (TPSA) is 29.5 Å². The molecule has 0 aromatic heterocycles. The van der Waals surface area contributed by atoms with Gasteiger partial charge < -0.3 is 9.84 Å². The predicted molar refractivity (Wildman–Crippen MR) is 86.8 cm³/mol. The lowest BCUT2D eigenvalue weighted by molar-refractivity contribution is 0.219. The van der Waals surface area contributed by atoms with Crippen molar-refractivity contribution in [1.29, 1.82) is 0 Å². The lowest BCUT2D eigenvalue weighted by atomic mass is 9.81. The first-order valence-corrected chi connectivity index (χ1v) is 7.40. The molecule has 0 aliphatic rings. The van der Waals surface area contributed by atoms with Gasteiger partial charge in [-0.3, -0.25) is 0 Å². The molecular formula is C19H24O2. The van der Waals surface area contributed by atoms with Crippen LogP contribution in [0.2, 0.25) is 0 Å². The van der Waals surface area contributed by atoms with Crippen LogP contribution in [0.3, 0.4) is 0 Å². The van der Waals surface area contributed by atoms with Crippen LogP contribution in [-0.4, -0.2) is 12.2 Å². The van der Waals surface area contributed by atoms with Gasteiger partial charge in [-0.15, -0.1) is 0 Å². The van der Waals surface area contributed by atoms with E-state index in [9.17, 15) is 5.11 Å². The van der Waals surface area contributed by atoms with Gasteiger partial charge in [0.25, 0.3) is 0 Å². The lowest BCUT2D eigenvalue weighted by Gasteiger charge is -2.24. The molecule has 1 unspecified atom stereocenters. The number of ether oxygens (including phenoxy) is 1. The van der Waals surface area contributed by atoms with Gasteiger partial charge in [-0.2, -0.15) is 0 Å². The number of rotatable bonds is 5. The molecule has 0 saturated heterocycles. The molecule has 0 amide bonds. The molecule has 0 saturated carbocycles. The maximum absolute atomic E-state index is 10.5. The van der Waals surface area contributed by atoms with E-state index < -0.39 is 6.10 Å². The Balaban J connectivity index is 2.25. The van der Waals surface area contributed by atoms with Gasteiger partial charge in [0.2, 0.25) is 0 Å². The molecule has 2 heteroatoms. The van der Waals surface area contributed by atoms with Crippen LogP contribution in [0.15, 0.2) is 48.5 Å². The van der Waals surface area contributed by atoms with Crippen molar-refractivity contribution in [3.8, 4) is 5.75 Å². The molecule has 0 heterocycles. The second-order valence-electron chi connectivity index (χ2n) is 6.04. The van der Waals surface area contributed by atoms with Crippen molar-refractivity contribution in [2.24, 2.45) is 0 Å². The highest BCUT2D eigenvalue weighted by molar-refractivity contribution is 5.37. The van der Waals surface area contributed by atoms with Gasteiger partial charge in [-0.1, -0.05) is 57.2 Å². The number of aliphatic hydroxyl groups excluding tert-OH is 1. The molecular weight excluding hydrogens is 260 g/mol. The van der Waals surface area contributed by atoms with Crippen molar-refractivity contribution >= 4 is 0 Å². The number of hydrogen-bond donors (Lipinski definition) is 1. The van der Waals surface area contributed by atoms with Crippen LogP contribution in [0.4, 0.5) is 0 Å². The Morgan fingerprint density at radius 3 is 2.29 bits per heavy atom. The van der Waals surface area contributed by atoms with Crippen LogP contribution >= 0.6 is 0 Å². The first-order valence-electron chi connectivity index (χ1n) is 7.40. The zero-order valence-corrected chi connectivity index (χ0v) is 13.3. The molecule has 0 aliphatic carbocycles. The van der Waals surface area contributed by atoms with E-state index in [0.717, 1.165) is 23.3 Å². The minimum atomic E-state index is -0.626. The Hall–Kier alpha value is -1.80. The number of methoxy groups -OCH3 is 1. The zero-order valence-electron chi connectivity index (χ0n) is 13.3. The Morgan fingerprint density at radius 1 is 1.05 bits per heavy atom. The van der Waals surface area contributed by atoms with Gasteiger partial charge in [0.1, 0.15) is 11.9 Å². The van der Waals surface area contributed by atoms with Gasteiger partial charge in [0.15, 0.2) is 0 Å². The van der Waals surface area contributed by atoms with E-state index in [1.54, 1.807) is 7.11 Å². The molecule has 1 N–H and O–H groups in total. The summed E-state index contributed by atoms with van der Waals surface area (Å²) in [5, 5.41) is 10.5. The summed E-state index contributed by atoms with van der Waals surface area (Å²) >= 11 is 0. The Kier molecular flexibility index (Phi) is 4.69. The maximum Gasteiger partial charge on any atom is 0.119 e. The fourth-order valence-corrected chi connectivity index (χ4v) is 2.32. The van der Waals surface area contributed by atoms with Crippen LogP contribution in [-0.2, 0) is 5.41 Å². The summed E-state index contributed by atoms with van der Waals surface area (Å²) in [5.41, 5.74) is 3.21. The molecule has 2 nitrogen and oxygen atoms in total. The van der Waals surface area contributed by atoms with Crippen molar-refractivity contribution in [1.82, 2.24) is 0 Å². The Labute approximate surface area is 127 Å². The molecule has 2 rings (SSSR count). The molecule has 0 aliphatic heterocycles. The fourth-order valence-electron chi connectivity index (χ4n) is 2.32. The van der Waals surface area contributed by atoms with Gasteiger partial charge in [0.05, 0.1) is 7.11 Å². The first kappa shape index (κ1) is 15.6. The molecule has 0 fully saturated rings. The van der Waals surface area contributed by atoms with E-state index in [-0.39, 0.29) is 5.41 Å². The molecule has 112 valence electrons. The zero-order chi connectivity index (χ0) is 15.5. The molecule has 0 spiro atoms. The largest absolute Gasteiger partial charge is 0.497 e. The summed E-state index contributed by atoms with van der Waals surface area (Å²) in [5.74, 6) is 0.760. The van der Waals surface area contributed by atoms with Crippen LogP contribution in [0.25, 0.3) is 0 Å². The fraction of sp³-hybridized carbons (Fsp3) is 0.368. The molecule has 21 heavy (non-hydrogen) atoms. The van der Waals surface area contributed by atoms with E-state index in [1.807, 2.05) is 36.4 Å². The second-order valence-corrected chi connectivity index (χ2v) is 6.04. The van der Waals surface area contributed by atoms with E-state index >= 15 is 0 Å². The quantitative estimate of drug-likeness (QED) is 0.878. The molecule has 0 radical (unpaired) electrons. The minimum absolute atomic E-state index is 0.166. The summed E-state index contributed by atoms with van der Waals surface area (Å²) in [4.78, 5) is 0. The van der Waals surface area contributed by atoms with Crippen LogP contribution in [0, 0.1) is 0 Å². The van der Waals surface area contributed by atoms with Crippen molar-refractivity contribution in [3.63, 3.8) is 0 Å². The molecule has 1 atom stereocenters. The number of aliphatic hydroxyl groups is 1. The van der Waals surface area contributed by atoms with Crippen LogP contribution in [0.1, 0.15) is 50.0 Å². The predicted octanol–water partition coefficient (Wildman–Crippen LogP) is 4.46. The Bertz CT molecular complexity index is 585. The lowest BCUT2D eigenvalue weighted by Crippen LogP contribution is -2.15. The Morgan fingerprint density at radius 2 is 1.71 bits per heavy atom. The molecule has 2 aromatic rings. The van der Waals surface area contributed by atoms with E-state index in [1.165, 1.54) is 5.56 Å². The SMILES string of the molecule is CCC(C)(C)c1ccc(C(O)c2cccc(OC)c2)cc1. The van der Waals surface area contributed by atoms with Gasteiger partial charge in [-0.05, 0) is 40.7 Å². The van der Waals surface area contributed by atoms with Gasteiger partial charge in [-0.25, -0.2) is 0 Å². The number of hydrogen-bond acceptors (Lipinski definition) is 2. The van der Waals surface area contributed by atoms with Crippen LogP contribution < -0.4 is 4.74 Å². The van der Waals surface area contributed by atoms with Gasteiger partial charge in [0, 0.05) is 0 Å². The van der Waals surface area contributed by atoms with Crippen molar-refractivity contribution < 1.29 is 9.84 Å². The van der Waals surface area contributed by atoms with E-state index in [4.69, 9.17) is 4.74 Å². The normalized spacial score (nSPS) is 13.0. The molecule has 2 aromatic carbocycles. The van der Waals surface area contributed by atoms with Crippen molar-refractivity contribution in [2.75, 3.05) is 7.11 Å². The maximum atomic E-state index is 10.5. The monoisotopic (exact) mass is 284 g/mol. The standard InChI is InChI=1S/C19H24O2/c1-5-19(2,3)16-11-9-14(10-12-16)18(20)15-7-6-8-17(13-15)21-4/h6-13,18,20H,5H2,1-4H3. The summed E-state index contributed by atoms with van der Waals surface area (Å²) in [7, 11) is 1.63. The summed E-state index contributed by atoms with van der Waals surface area (Å²) < 4.78 is 5.21. The highest BCUT2D eigenvalue weighted by Gasteiger charge is 2.18. The molecule has 0 bridgehead atoms. The third-order valence-electron chi connectivity index (χ3n) is 4.30. The summed E-state index contributed by atoms with van der Waals surface area (Å²) in [6.45, 7) is 6.67. The minimum Gasteiger partial charge on any atom is -0.497 e.